The van der Waals surface area contributed by atoms with Crippen LogP contribution >= 0.6 is 0 Å². The summed E-state index contributed by atoms with van der Waals surface area (Å²) >= 11 is 0. The van der Waals surface area contributed by atoms with E-state index in [0.717, 1.165) is 0 Å². The minimum absolute atomic E-state index is 0.00156. The third-order valence-electron chi connectivity index (χ3n) is 3.68. The topological polar surface area (TPSA) is 114 Å². The Bertz CT molecular complexity index is 461. The van der Waals surface area contributed by atoms with Gasteiger partial charge in [-0.25, -0.2) is 4.79 Å². The third kappa shape index (κ3) is 7.16. The lowest BCUT2D eigenvalue weighted by molar-refractivity contribution is -0.128. The molecule has 0 aromatic rings. The van der Waals surface area contributed by atoms with Crippen LogP contribution in [0.3, 0.4) is 0 Å². The van der Waals surface area contributed by atoms with Crippen molar-refractivity contribution in [3.05, 3.63) is 0 Å². The number of carbonyl (C=O) groups excluding carboxylic acids is 3. The fourth-order valence-corrected chi connectivity index (χ4v) is 2.51. The summed E-state index contributed by atoms with van der Waals surface area (Å²) < 4.78 is 5.20. The van der Waals surface area contributed by atoms with E-state index in [1.54, 1.807) is 25.7 Å². The van der Waals surface area contributed by atoms with Gasteiger partial charge in [0.1, 0.15) is 11.6 Å². The van der Waals surface area contributed by atoms with Crippen molar-refractivity contribution in [1.82, 2.24) is 15.5 Å². The molecule has 8 heteroatoms. The van der Waals surface area contributed by atoms with E-state index in [4.69, 9.17) is 10.5 Å². The predicted octanol–water partition coefficient (Wildman–Crippen LogP) is 0.356. The number of carbonyl (C=O) groups is 3. The number of nitrogens with zero attached hydrogens (tertiary/aromatic N) is 1. The minimum Gasteiger partial charge on any atom is -0.444 e. The summed E-state index contributed by atoms with van der Waals surface area (Å²) in [5.41, 5.74) is 4.87. The molecule has 1 rings (SSSR count). The highest BCUT2D eigenvalue weighted by Gasteiger charge is 2.29. The van der Waals surface area contributed by atoms with E-state index in [-0.39, 0.29) is 17.9 Å². The molecule has 3 amide bonds. The van der Waals surface area contributed by atoms with Crippen molar-refractivity contribution in [1.29, 1.82) is 0 Å². The highest BCUT2D eigenvalue weighted by molar-refractivity contribution is 5.86. The molecule has 0 radical (unpaired) electrons. The largest absolute Gasteiger partial charge is 0.444 e. The number of hydrogen-bond acceptors (Lipinski definition) is 5. The van der Waals surface area contributed by atoms with Crippen molar-refractivity contribution in [2.45, 2.75) is 64.6 Å². The Morgan fingerprint density at radius 3 is 2.50 bits per heavy atom. The molecule has 0 spiro atoms. The van der Waals surface area contributed by atoms with E-state index >= 15 is 0 Å². The molecule has 1 aliphatic heterocycles. The molecular formula is C16H30N4O4. The van der Waals surface area contributed by atoms with Gasteiger partial charge in [-0.1, -0.05) is 0 Å². The number of ether oxygens (including phenoxy) is 1. The van der Waals surface area contributed by atoms with E-state index in [1.807, 2.05) is 0 Å². The van der Waals surface area contributed by atoms with E-state index in [1.165, 1.54) is 6.92 Å². The summed E-state index contributed by atoms with van der Waals surface area (Å²) in [6, 6.07) is -0.794. The van der Waals surface area contributed by atoms with Gasteiger partial charge in [0, 0.05) is 26.1 Å². The second-order valence-corrected chi connectivity index (χ2v) is 7.09. The molecular weight excluding hydrogens is 312 g/mol. The highest BCUT2D eigenvalue weighted by Crippen LogP contribution is 2.11. The van der Waals surface area contributed by atoms with E-state index in [2.05, 4.69) is 10.6 Å². The number of likely N-dealkylation sites (tertiary alicyclic amines) is 1. The van der Waals surface area contributed by atoms with Gasteiger partial charge in [-0.2, -0.15) is 0 Å². The van der Waals surface area contributed by atoms with Gasteiger partial charge in [0.2, 0.25) is 11.8 Å². The van der Waals surface area contributed by atoms with Crippen LogP contribution in [0.2, 0.25) is 0 Å². The highest BCUT2D eigenvalue weighted by atomic mass is 16.6. The molecule has 0 unspecified atom stereocenters. The Kier molecular flexibility index (Phi) is 7.47. The van der Waals surface area contributed by atoms with Gasteiger partial charge < -0.3 is 26.0 Å². The molecule has 24 heavy (non-hydrogen) atoms. The quantitative estimate of drug-likeness (QED) is 0.645. The Balaban J connectivity index is 2.58. The Morgan fingerprint density at radius 1 is 1.33 bits per heavy atom. The molecule has 1 aliphatic rings. The summed E-state index contributed by atoms with van der Waals surface area (Å²) in [6.07, 6.45) is 1.13. The van der Waals surface area contributed by atoms with E-state index in [0.29, 0.717) is 38.9 Å². The zero-order chi connectivity index (χ0) is 18.3. The molecule has 2 atom stereocenters. The molecule has 8 nitrogen and oxygen atoms in total. The number of rotatable bonds is 6. The van der Waals surface area contributed by atoms with Crippen LogP contribution < -0.4 is 16.4 Å². The molecule has 1 saturated heterocycles. The maximum absolute atomic E-state index is 12.5. The van der Waals surface area contributed by atoms with Crippen molar-refractivity contribution in [2.24, 2.45) is 5.73 Å². The van der Waals surface area contributed by atoms with Crippen molar-refractivity contribution in [3.8, 4) is 0 Å². The van der Waals surface area contributed by atoms with Crippen LogP contribution in [-0.4, -0.2) is 60.1 Å². The lowest BCUT2D eigenvalue weighted by Gasteiger charge is -2.24. The van der Waals surface area contributed by atoms with Crippen LogP contribution in [0.15, 0.2) is 0 Å². The van der Waals surface area contributed by atoms with E-state index < -0.39 is 17.7 Å². The summed E-state index contributed by atoms with van der Waals surface area (Å²) in [6.45, 7) is 8.35. The fourth-order valence-electron chi connectivity index (χ4n) is 2.51. The summed E-state index contributed by atoms with van der Waals surface area (Å²) in [4.78, 5) is 37.4. The lowest BCUT2D eigenvalue weighted by atomic mass is 10.1. The van der Waals surface area contributed by atoms with Gasteiger partial charge in [0.15, 0.2) is 0 Å². The predicted molar refractivity (Wildman–Crippen MR) is 90.2 cm³/mol. The molecule has 1 fully saturated rings. The molecule has 4 N–H and O–H groups in total. The van der Waals surface area contributed by atoms with Crippen molar-refractivity contribution in [3.63, 3.8) is 0 Å². The maximum Gasteiger partial charge on any atom is 0.408 e. The van der Waals surface area contributed by atoms with Gasteiger partial charge in [-0.3, -0.25) is 9.59 Å². The second-order valence-electron chi connectivity index (χ2n) is 7.09. The molecule has 0 aromatic carbocycles. The molecule has 0 bridgehead atoms. The van der Waals surface area contributed by atoms with Crippen LogP contribution in [0.25, 0.3) is 0 Å². The fraction of sp³-hybridized carbons (Fsp3) is 0.812. The maximum atomic E-state index is 12.5. The summed E-state index contributed by atoms with van der Waals surface area (Å²) in [5.74, 6) is -0.275. The minimum atomic E-state index is -0.699. The number of alkyl carbamates (subject to hydrolysis) is 1. The second kappa shape index (κ2) is 8.86. The average Bonchev–Trinajstić information content (AvgIpc) is 2.90. The zero-order valence-electron chi connectivity index (χ0n) is 15.1. The Labute approximate surface area is 143 Å². The number of amides is 3. The molecule has 0 aromatic heterocycles. The SMILES string of the molecule is CC(=O)N1CC[C@@H](NC(=O)[C@H](CCCN)NC(=O)OC(C)(C)C)C1. The summed E-state index contributed by atoms with van der Waals surface area (Å²) in [7, 11) is 0. The van der Waals surface area contributed by atoms with E-state index in [9.17, 15) is 14.4 Å². The molecule has 0 aliphatic carbocycles. The summed E-state index contributed by atoms with van der Waals surface area (Å²) in [5, 5.41) is 5.50. The van der Waals surface area contributed by atoms with Gasteiger partial charge in [0.25, 0.3) is 0 Å². The molecule has 1 heterocycles. The molecule has 138 valence electrons. The van der Waals surface area contributed by atoms with Gasteiger partial charge in [0.05, 0.1) is 0 Å². The smallest absolute Gasteiger partial charge is 0.408 e. The normalized spacial score (nSPS) is 18.9. The first-order valence-corrected chi connectivity index (χ1v) is 8.38. The van der Waals surface area contributed by atoms with Gasteiger partial charge in [-0.15, -0.1) is 0 Å². The van der Waals surface area contributed by atoms with Crippen LogP contribution in [0, 0.1) is 0 Å². The van der Waals surface area contributed by atoms with Crippen molar-refractivity contribution < 1.29 is 19.1 Å². The van der Waals surface area contributed by atoms with Crippen LogP contribution in [0.1, 0.15) is 47.0 Å². The van der Waals surface area contributed by atoms with Crippen molar-refractivity contribution in [2.75, 3.05) is 19.6 Å². The van der Waals surface area contributed by atoms with Gasteiger partial charge in [-0.05, 0) is 46.6 Å². The first-order chi connectivity index (χ1) is 11.1. The first kappa shape index (κ1) is 20.2. The number of nitrogens with one attached hydrogen (secondary N) is 2. The zero-order valence-corrected chi connectivity index (χ0v) is 15.1. The third-order valence-corrected chi connectivity index (χ3v) is 3.68. The van der Waals surface area contributed by atoms with Gasteiger partial charge >= 0.3 is 6.09 Å². The monoisotopic (exact) mass is 342 g/mol. The van der Waals surface area contributed by atoms with Crippen LogP contribution in [0.5, 0.6) is 0 Å². The van der Waals surface area contributed by atoms with Crippen LogP contribution in [-0.2, 0) is 14.3 Å². The lowest BCUT2D eigenvalue weighted by Crippen LogP contribution is -2.51. The Hall–Kier alpha value is -1.83. The number of hydrogen-bond donors (Lipinski definition) is 3. The average molecular weight is 342 g/mol. The number of nitrogens with two attached hydrogens (primary N) is 1. The van der Waals surface area contributed by atoms with Crippen LogP contribution in [0.4, 0.5) is 4.79 Å². The standard InChI is InChI=1S/C16H30N4O4/c1-11(21)20-9-7-12(10-20)18-14(22)13(6-5-8-17)19-15(23)24-16(2,3)4/h12-13H,5-10,17H2,1-4H3,(H,18,22)(H,19,23)/t12-,13+/m1/s1. The Morgan fingerprint density at radius 2 is 2.00 bits per heavy atom. The van der Waals surface area contributed by atoms with Crippen molar-refractivity contribution >= 4 is 17.9 Å². The molecule has 0 saturated carbocycles. The first-order valence-electron chi connectivity index (χ1n) is 8.38.